The van der Waals surface area contributed by atoms with Crippen molar-refractivity contribution >= 4 is 16.7 Å². The van der Waals surface area contributed by atoms with Gasteiger partial charge in [-0.3, -0.25) is 0 Å². The summed E-state index contributed by atoms with van der Waals surface area (Å²) in [5, 5.41) is 0. The third-order valence-electron chi connectivity index (χ3n) is 3.00. The first-order chi connectivity index (χ1) is 7.31. The van der Waals surface area contributed by atoms with Crippen LogP contribution in [0, 0.1) is 0 Å². The van der Waals surface area contributed by atoms with E-state index in [0.29, 0.717) is 11.4 Å². The number of nitrogens with zero attached hydrogens (tertiary/aromatic N) is 2. The van der Waals surface area contributed by atoms with E-state index in [1.807, 2.05) is 12.1 Å². The van der Waals surface area contributed by atoms with Crippen molar-refractivity contribution in [2.24, 2.45) is 0 Å². The van der Waals surface area contributed by atoms with E-state index in [4.69, 9.17) is 10.5 Å². The van der Waals surface area contributed by atoms with Gasteiger partial charge in [-0.15, -0.1) is 0 Å². The number of hydrogen-bond donors (Lipinski definition) is 1. The molecule has 0 aliphatic carbocycles. The van der Waals surface area contributed by atoms with Gasteiger partial charge >= 0.3 is 0 Å². The molecule has 1 aromatic carbocycles. The number of aromatic nitrogens is 2. The van der Waals surface area contributed by atoms with Crippen molar-refractivity contribution in [2.75, 3.05) is 12.8 Å². The van der Waals surface area contributed by atoms with E-state index < -0.39 is 0 Å². The number of nitrogen functional groups attached to an aromatic ring is 1. The molecule has 1 aromatic heterocycles. The first-order valence-electron chi connectivity index (χ1n) is 5.13. The molecular weight excluding hydrogens is 190 g/mol. The largest absolute Gasteiger partial charge is 0.495 e. The van der Waals surface area contributed by atoms with E-state index >= 15 is 0 Å². The number of aryl methyl sites for hydroxylation is 2. The van der Waals surface area contributed by atoms with E-state index in [-0.39, 0.29) is 0 Å². The van der Waals surface area contributed by atoms with Crippen LogP contribution in [0.5, 0.6) is 5.75 Å². The smallest absolute Gasteiger partial charge is 0.144 e. The van der Waals surface area contributed by atoms with Crippen molar-refractivity contribution in [1.29, 1.82) is 0 Å². The predicted molar refractivity (Wildman–Crippen MR) is 59.0 cm³/mol. The Hall–Kier alpha value is -1.71. The summed E-state index contributed by atoms with van der Waals surface area (Å²) in [5.41, 5.74) is 8.64. The molecule has 0 amide bonds. The Balaban J connectivity index is 2.34. The van der Waals surface area contributed by atoms with E-state index in [0.717, 1.165) is 29.8 Å². The Morgan fingerprint density at radius 1 is 1.47 bits per heavy atom. The summed E-state index contributed by atoms with van der Waals surface area (Å²) in [5.74, 6) is 1.85. The number of benzene rings is 1. The molecule has 0 radical (unpaired) electrons. The first kappa shape index (κ1) is 8.59. The van der Waals surface area contributed by atoms with Crippen molar-refractivity contribution in [3.8, 4) is 5.75 Å². The van der Waals surface area contributed by atoms with Crippen LogP contribution in [0.25, 0.3) is 11.0 Å². The van der Waals surface area contributed by atoms with Gasteiger partial charge < -0.3 is 15.0 Å². The van der Waals surface area contributed by atoms with Crippen LogP contribution in [0.4, 0.5) is 5.69 Å². The molecule has 2 heterocycles. The third kappa shape index (κ3) is 1.04. The van der Waals surface area contributed by atoms with Crippen LogP contribution in [0.2, 0.25) is 0 Å². The van der Waals surface area contributed by atoms with Gasteiger partial charge in [-0.05, 0) is 18.6 Å². The zero-order valence-corrected chi connectivity index (χ0v) is 8.66. The van der Waals surface area contributed by atoms with E-state index in [1.54, 1.807) is 7.11 Å². The third-order valence-corrected chi connectivity index (χ3v) is 3.00. The van der Waals surface area contributed by atoms with Gasteiger partial charge in [0, 0.05) is 13.0 Å². The van der Waals surface area contributed by atoms with Crippen LogP contribution >= 0.6 is 0 Å². The van der Waals surface area contributed by atoms with Crippen LogP contribution in [-0.4, -0.2) is 16.7 Å². The molecule has 15 heavy (non-hydrogen) atoms. The molecule has 0 bridgehead atoms. The highest BCUT2D eigenvalue weighted by atomic mass is 16.5. The Morgan fingerprint density at radius 2 is 2.33 bits per heavy atom. The molecule has 0 unspecified atom stereocenters. The SMILES string of the molecule is COc1ccc2c(nc3n2CCC3)c1N. The lowest BCUT2D eigenvalue weighted by Crippen LogP contribution is -1.95. The number of fused-ring (bicyclic) bond motifs is 3. The maximum atomic E-state index is 5.99. The van der Waals surface area contributed by atoms with Crippen molar-refractivity contribution < 1.29 is 4.74 Å². The molecule has 0 spiro atoms. The van der Waals surface area contributed by atoms with Gasteiger partial charge in [0.25, 0.3) is 0 Å². The standard InChI is InChI=1S/C11H13N3O/c1-15-8-5-4-7-11(10(8)12)13-9-3-2-6-14(7)9/h4-5H,2-3,6,12H2,1H3. The number of ether oxygens (including phenoxy) is 1. The molecule has 1 aliphatic heterocycles. The minimum Gasteiger partial charge on any atom is -0.495 e. The van der Waals surface area contributed by atoms with Crippen molar-refractivity contribution in [3.05, 3.63) is 18.0 Å². The number of hydrogen-bond acceptors (Lipinski definition) is 3. The number of methoxy groups -OCH3 is 1. The lowest BCUT2D eigenvalue weighted by atomic mass is 10.2. The van der Waals surface area contributed by atoms with E-state index in [1.165, 1.54) is 6.42 Å². The predicted octanol–water partition coefficient (Wildman–Crippen LogP) is 1.57. The minimum absolute atomic E-state index is 0.650. The molecular formula is C11H13N3O. The molecule has 2 N–H and O–H groups in total. The lowest BCUT2D eigenvalue weighted by molar-refractivity contribution is 0.417. The van der Waals surface area contributed by atoms with Gasteiger partial charge in [0.15, 0.2) is 0 Å². The summed E-state index contributed by atoms with van der Waals surface area (Å²) in [6.45, 7) is 1.05. The summed E-state index contributed by atoms with van der Waals surface area (Å²) < 4.78 is 7.42. The Kier molecular flexibility index (Phi) is 1.65. The summed E-state index contributed by atoms with van der Waals surface area (Å²) in [6.07, 6.45) is 2.24. The molecule has 2 aromatic rings. The van der Waals surface area contributed by atoms with Gasteiger partial charge in [0.05, 0.1) is 12.6 Å². The molecule has 0 saturated carbocycles. The van der Waals surface area contributed by atoms with Gasteiger partial charge in [-0.25, -0.2) is 4.98 Å². The number of rotatable bonds is 1. The molecule has 4 heteroatoms. The number of imidazole rings is 1. The molecule has 4 nitrogen and oxygen atoms in total. The Morgan fingerprint density at radius 3 is 3.13 bits per heavy atom. The zero-order chi connectivity index (χ0) is 10.4. The van der Waals surface area contributed by atoms with Crippen LogP contribution in [-0.2, 0) is 13.0 Å². The van der Waals surface area contributed by atoms with E-state index in [9.17, 15) is 0 Å². The summed E-state index contributed by atoms with van der Waals surface area (Å²) >= 11 is 0. The molecule has 0 saturated heterocycles. The van der Waals surface area contributed by atoms with Gasteiger partial charge in [0.2, 0.25) is 0 Å². The number of nitrogens with two attached hydrogens (primary N) is 1. The molecule has 3 rings (SSSR count). The van der Waals surface area contributed by atoms with Gasteiger partial charge in [-0.2, -0.15) is 0 Å². The fourth-order valence-electron chi connectivity index (χ4n) is 2.26. The molecule has 0 atom stereocenters. The first-order valence-corrected chi connectivity index (χ1v) is 5.13. The van der Waals surface area contributed by atoms with Crippen molar-refractivity contribution in [2.45, 2.75) is 19.4 Å². The Labute approximate surface area is 87.7 Å². The fourth-order valence-corrected chi connectivity index (χ4v) is 2.26. The summed E-state index contributed by atoms with van der Waals surface area (Å²) in [6, 6.07) is 3.94. The van der Waals surface area contributed by atoms with Crippen LogP contribution in [0.1, 0.15) is 12.2 Å². The molecule has 1 aliphatic rings. The second kappa shape index (κ2) is 2.89. The highest BCUT2D eigenvalue weighted by molar-refractivity contribution is 5.91. The quantitative estimate of drug-likeness (QED) is 0.716. The summed E-state index contributed by atoms with van der Waals surface area (Å²) in [7, 11) is 1.63. The second-order valence-electron chi connectivity index (χ2n) is 3.83. The average molecular weight is 203 g/mol. The van der Waals surface area contributed by atoms with E-state index in [2.05, 4.69) is 9.55 Å². The lowest BCUT2D eigenvalue weighted by Gasteiger charge is -2.05. The monoisotopic (exact) mass is 203 g/mol. The average Bonchev–Trinajstić information content (AvgIpc) is 2.79. The van der Waals surface area contributed by atoms with Gasteiger partial charge in [-0.1, -0.05) is 0 Å². The summed E-state index contributed by atoms with van der Waals surface area (Å²) in [4.78, 5) is 4.56. The van der Waals surface area contributed by atoms with Crippen molar-refractivity contribution in [3.63, 3.8) is 0 Å². The topological polar surface area (TPSA) is 53.1 Å². The normalized spacial score (nSPS) is 14.5. The van der Waals surface area contributed by atoms with Crippen LogP contribution in [0.15, 0.2) is 12.1 Å². The van der Waals surface area contributed by atoms with Crippen LogP contribution < -0.4 is 10.5 Å². The van der Waals surface area contributed by atoms with Crippen molar-refractivity contribution in [1.82, 2.24) is 9.55 Å². The number of anilines is 1. The fraction of sp³-hybridized carbons (Fsp3) is 0.364. The maximum Gasteiger partial charge on any atom is 0.144 e. The maximum absolute atomic E-state index is 5.99. The highest BCUT2D eigenvalue weighted by Crippen LogP contribution is 2.32. The minimum atomic E-state index is 0.650. The Bertz CT molecular complexity index is 530. The molecule has 78 valence electrons. The van der Waals surface area contributed by atoms with Gasteiger partial charge in [0.1, 0.15) is 22.8 Å². The molecule has 0 fully saturated rings. The zero-order valence-electron chi connectivity index (χ0n) is 8.66. The second-order valence-corrected chi connectivity index (χ2v) is 3.83. The van der Waals surface area contributed by atoms with Crippen LogP contribution in [0.3, 0.4) is 0 Å². The highest BCUT2D eigenvalue weighted by Gasteiger charge is 2.18.